The molecule has 1 aliphatic carbocycles. The third kappa shape index (κ3) is 4.14. The SMILES string of the molecule is CCC/C(=N/Nc1nc2ccccc2c2ccccc12)C1=C(O)C(C(=O)OC)C(C)(C)CC1=O. The molecule has 0 saturated heterocycles. The number of ether oxygens (including phenoxy) is 1. The molecule has 1 heterocycles. The summed E-state index contributed by atoms with van der Waals surface area (Å²) in [5.74, 6) is -1.48. The van der Waals surface area contributed by atoms with Gasteiger partial charge in [-0.1, -0.05) is 69.7 Å². The fourth-order valence-electron chi connectivity index (χ4n) is 4.70. The zero-order valence-electron chi connectivity index (χ0n) is 19.9. The van der Waals surface area contributed by atoms with Crippen LogP contribution in [0, 0.1) is 11.3 Å². The second kappa shape index (κ2) is 9.25. The van der Waals surface area contributed by atoms with Crippen molar-refractivity contribution in [2.45, 2.75) is 40.0 Å². The van der Waals surface area contributed by atoms with Crippen LogP contribution in [0.1, 0.15) is 40.0 Å². The van der Waals surface area contributed by atoms with Crippen LogP contribution < -0.4 is 5.43 Å². The van der Waals surface area contributed by atoms with Crippen LogP contribution in [0.15, 0.2) is 65.0 Å². The molecule has 3 aromatic rings. The number of aromatic nitrogens is 1. The molecule has 0 saturated carbocycles. The lowest BCUT2D eigenvalue weighted by atomic mass is 9.67. The molecular formula is C27H29N3O4. The summed E-state index contributed by atoms with van der Waals surface area (Å²) in [6, 6.07) is 15.8. The van der Waals surface area contributed by atoms with Crippen molar-refractivity contribution in [2.24, 2.45) is 16.4 Å². The number of nitrogens with one attached hydrogen (secondary N) is 1. The summed E-state index contributed by atoms with van der Waals surface area (Å²) < 4.78 is 4.93. The Balaban J connectivity index is 1.82. The quantitative estimate of drug-likeness (QED) is 0.217. The fourth-order valence-corrected chi connectivity index (χ4v) is 4.70. The predicted octanol–water partition coefficient (Wildman–Crippen LogP) is 5.56. The standard InChI is InChI=1S/C27H29N3O4/c1-5-10-20(22-21(31)15-27(2,3)23(24(22)32)26(33)34-4)29-30-25-18-13-7-6-11-16(18)17-12-8-9-14-19(17)28-25/h6-9,11-14,23,32H,5,10,15H2,1-4H3,(H,28,30)/b29-20-. The summed E-state index contributed by atoms with van der Waals surface area (Å²) in [6.45, 7) is 5.52. The highest BCUT2D eigenvalue weighted by molar-refractivity contribution is 6.24. The van der Waals surface area contributed by atoms with E-state index in [1.165, 1.54) is 7.11 Å². The lowest BCUT2D eigenvalue weighted by molar-refractivity contribution is -0.150. The number of benzene rings is 2. The second-order valence-electron chi connectivity index (χ2n) is 9.25. The number of nitrogens with zero attached hydrogens (tertiary/aromatic N) is 2. The number of carbonyl (C=O) groups excluding carboxylic acids is 2. The number of anilines is 1. The predicted molar refractivity (Wildman–Crippen MR) is 134 cm³/mol. The molecule has 0 fully saturated rings. The number of hydrogen-bond donors (Lipinski definition) is 2. The van der Waals surface area contributed by atoms with Gasteiger partial charge in [0.05, 0.1) is 23.9 Å². The van der Waals surface area contributed by atoms with Crippen LogP contribution in [0.25, 0.3) is 21.7 Å². The van der Waals surface area contributed by atoms with Crippen LogP contribution in [0.5, 0.6) is 0 Å². The summed E-state index contributed by atoms with van der Waals surface area (Å²) >= 11 is 0. The minimum absolute atomic E-state index is 0.0918. The van der Waals surface area contributed by atoms with Crippen LogP contribution in [0.4, 0.5) is 5.82 Å². The van der Waals surface area contributed by atoms with E-state index in [1.807, 2.05) is 55.5 Å². The summed E-state index contributed by atoms with van der Waals surface area (Å²) in [5, 5.41) is 18.6. The number of aliphatic hydroxyl groups excluding tert-OH is 1. The van der Waals surface area contributed by atoms with Gasteiger partial charge in [-0.15, -0.1) is 0 Å². The maximum absolute atomic E-state index is 13.1. The molecular weight excluding hydrogens is 430 g/mol. The molecule has 2 aromatic carbocycles. The van der Waals surface area contributed by atoms with Crippen LogP contribution in [-0.4, -0.2) is 34.7 Å². The molecule has 4 rings (SSSR count). The van der Waals surface area contributed by atoms with Crippen molar-refractivity contribution in [1.29, 1.82) is 0 Å². The summed E-state index contributed by atoms with van der Waals surface area (Å²) in [4.78, 5) is 30.3. The zero-order valence-corrected chi connectivity index (χ0v) is 19.9. The van der Waals surface area contributed by atoms with Gasteiger partial charge in [0.2, 0.25) is 0 Å². The van der Waals surface area contributed by atoms with Gasteiger partial charge in [-0.3, -0.25) is 15.0 Å². The highest BCUT2D eigenvalue weighted by Crippen LogP contribution is 2.42. The van der Waals surface area contributed by atoms with Crippen LogP contribution in [0.2, 0.25) is 0 Å². The Kier molecular flexibility index (Phi) is 6.37. The van der Waals surface area contributed by atoms with E-state index < -0.39 is 17.3 Å². The third-order valence-electron chi connectivity index (χ3n) is 6.32. The number of methoxy groups -OCH3 is 1. The number of hydrogen-bond acceptors (Lipinski definition) is 7. The topological polar surface area (TPSA) is 101 Å². The van der Waals surface area contributed by atoms with Crippen molar-refractivity contribution in [3.05, 3.63) is 59.9 Å². The second-order valence-corrected chi connectivity index (χ2v) is 9.25. The summed E-state index contributed by atoms with van der Waals surface area (Å²) in [7, 11) is 1.28. The molecule has 0 amide bonds. The first-order valence-electron chi connectivity index (χ1n) is 11.4. The first-order chi connectivity index (χ1) is 16.3. The minimum atomic E-state index is -0.938. The molecule has 0 bridgehead atoms. The van der Waals surface area contributed by atoms with Crippen molar-refractivity contribution < 1.29 is 19.4 Å². The molecule has 1 unspecified atom stereocenters. The minimum Gasteiger partial charge on any atom is -0.511 e. The van der Waals surface area contributed by atoms with Gasteiger partial charge in [-0.2, -0.15) is 5.10 Å². The molecule has 34 heavy (non-hydrogen) atoms. The van der Waals surface area contributed by atoms with E-state index >= 15 is 0 Å². The molecule has 176 valence electrons. The Morgan fingerprint density at radius 1 is 1.15 bits per heavy atom. The number of ketones is 1. The number of allylic oxidation sites excluding steroid dienone is 1. The van der Waals surface area contributed by atoms with Gasteiger partial charge < -0.3 is 9.84 Å². The Morgan fingerprint density at radius 3 is 2.47 bits per heavy atom. The summed E-state index contributed by atoms with van der Waals surface area (Å²) in [6.07, 6.45) is 1.24. The van der Waals surface area contributed by atoms with E-state index in [9.17, 15) is 14.7 Å². The maximum Gasteiger partial charge on any atom is 0.316 e. The van der Waals surface area contributed by atoms with E-state index in [0.29, 0.717) is 24.4 Å². The molecule has 1 atom stereocenters. The van der Waals surface area contributed by atoms with Crippen LogP contribution >= 0.6 is 0 Å². The van der Waals surface area contributed by atoms with E-state index in [2.05, 4.69) is 10.5 Å². The molecule has 1 aromatic heterocycles. The lowest BCUT2D eigenvalue weighted by Crippen LogP contribution is -2.41. The Hall–Kier alpha value is -3.74. The van der Waals surface area contributed by atoms with Crippen molar-refractivity contribution in [3.8, 4) is 0 Å². The number of hydrazone groups is 1. The van der Waals surface area contributed by atoms with Crippen LogP contribution in [0.3, 0.4) is 0 Å². The van der Waals surface area contributed by atoms with Crippen molar-refractivity contribution >= 4 is 45.0 Å². The maximum atomic E-state index is 13.1. The summed E-state index contributed by atoms with van der Waals surface area (Å²) in [5.41, 5.74) is 3.59. The van der Waals surface area contributed by atoms with Crippen molar-refractivity contribution in [2.75, 3.05) is 12.5 Å². The first kappa shape index (κ1) is 23.4. The molecule has 1 aliphatic rings. The molecule has 7 nitrogen and oxygen atoms in total. The molecule has 0 aliphatic heterocycles. The van der Waals surface area contributed by atoms with Gasteiger partial charge >= 0.3 is 5.97 Å². The molecule has 2 N–H and O–H groups in total. The van der Waals surface area contributed by atoms with E-state index in [4.69, 9.17) is 9.72 Å². The average molecular weight is 460 g/mol. The number of fused-ring (bicyclic) bond motifs is 3. The number of rotatable bonds is 6. The van der Waals surface area contributed by atoms with Gasteiger partial charge in [-0.05, 0) is 23.3 Å². The third-order valence-corrected chi connectivity index (χ3v) is 6.32. The average Bonchev–Trinajstić information content (AvgIpc) is 2.81. The largest absolute Gasteiger partial charge is 0.511 e. The normalized spacial score (nSPS) is 18.4. The fraction of sp³-hybridized carbons (Fsp3) is 0.333. The molecule has 0 radical (unpaired) electrons. The van der Waals surface area contributed by atoms with Gasteiger partial charge in [0.1, 0.15) is 11.7 Å². The number of carbonyl (C=O) groups is 2. The Bertz CT molecular complexity index is 1340. The zero-order chi connectivity index (χ0) is 24.5. The molecule has 0 spiro atoms. The number of esters is 1. The monoisotopic (exact) mass is 459 g/mol. The molecule has 7 heteroatoms. The number of pyridine rings is 1. The van der Waals surface area contributed by atoms with Crippen molar-refractivity contribution in [1.82, 2.24) is 4.98 Å². The van der Waals surface area contributed by atoms with Crippen molar-refractivity contribution in [3.63, 3.8) is 0 Å². The van der Waals surface area contributed by atoms with Gasteiger partial charge in [0.15, 0.2) is 11.6 Å². The van der Waals surface area contributed by atoms with Gasteiger partial charge in [0, 0.05) is 17.2 Å². The van der Waals surface area contributed by atoms with Gasteiger partial charge in [0.25, 0.3) is 0 Å². The smallest absolute Gasteiger partial charge is 0.316 e. The highest BCUT2D eigenvalue weighted by Gasteiger charge is 2.47. The lowest BCUT2D eigenvalue weighted by Gasteiger charge is -2.36. The van der Waals surface area contributed by atoms with Gasteiger partial charge in [-0.25, -0.2) is 4.98 Å². The first-order valence-corrected chi connectivity index (χ1v) is 11.4. The highest BCUT2D eigenvalue weighted by atomic mass is 16.5. The van der Waals surface area contributed by atoms with Crippen LogP contribution in [-0.2, 0) is 14.3 Å². The Morgan fingerprint density at radius 2 is 1.79 bits per heavy atom. The Labute approximate surface area is 198 Å². The van der Waals surface area contributed by atoms with E-state index in [0.717, 1.165) is 21.7 Å². The van der Waals surface area contributed by atoms with E-state index in [1.54, 1.807) is 13.8 Å². The number of aliphatic hydroxyl groups is 1. The van der Waals surface area contributed by atoms with E-state index in [-0.39, 0.29) is 23.5 Å². The number of Topliss-reactive ketones (excluding diaryl/α,β-unsaturated/α-hetero) is 1. The number of para-hydroxylation sites is 1.